The molecule has 1 aromatic heterocycles. The van der Waals surface area contributed by atoms with Crippen molar-refractivity contribution >= 4 is 26.9 Å². The summed E-state index contributed by atoms with van der Waals surface area (Å²) in [7, 11) is -3.68. The number of nitrogens with one attached hydrogen (secondary N) is 1. The van der Waals surface area contributed by atoms with Crippen LogP contribution in [-0.2, 0) is 34.1 Å². The number of carbonyl (C=O) groups is 1. The third-order valence-electron chi connectivity index (χ3n) is 4.47. The van der Waals surface area contributed by atoms with Gasteiger partial charge in [-0.1, -0.05) is 25.1 Å². The molecule has 1 amide bonds. The molecule has 0 saturated carbocycles. The lowest BCUT2D eigenvalue weighted by molar-refractivity contribution is -0.120. The molecular weight excluding hydrogens is 364 g/mol. The fraction of sp³-hybridized carbons (Fsp3) is 0.250. The number of benzene rings is 2. The standard InChI is InChI=1S/C20H22N2O4S/c1-2-14-5-8-19-18(11-14)16(13-26-19)12-20(23)22-10-9-15-3-6-17(7-4-15)27(21,24)25/h3-8,11,13H,2,9-10,12H2,1H3,(H,22,23)(H2,21,24,25). The molecule has 2 aromatic carbocycles. The average Bonchev–Trinajstić information content (AvgIpc) is 3.03. The topological polar surface area (TPSA) is 102 Å². The Morgan fingerprint density at radius 2 is 1.81 bits per heavy atom. The zero-order valence-electron chi connectivity index (χ0n) is 15.1. The first kappa shape index (κ1) is 19.1. The van der Waals surface area contributed by atoms with Crippen molar-refractivity contribution in [3.05, 3.63) is 65.4 Å². The lowest BCUT2D eigenvalue weighted by atomic mass is 10.1. The van der Waals surface area contributed by atoms with Crippen LogP contribution in [0.15, 0.2) is 58.0 Å². The van der Waals surface area contributed by atoms with Gasteiger partial charge in [-0.25, -0.2) is 13.6 Å². The van der Waals surface area contributed by atoms with Gasteiger partial charge in [-0.05, 0) is 48.2 Å². The van der Waals surface area contributed by atoms with Crippen LogP contribution in [0.25, 0.3) is 11.0 Å². The van der Waals surface area contributed by atoms with Crippen LogP contribution in [0.2, 0.25) is 0 Å². The van der Waals surface area contributed by atoms with E-state index in [0.29, 0.717) is 13.0 Å². The Hall–Kier alpha value is -2.64. The molecule has 0 aliphatic heterocycles. The second kappa shape index (κ2) is 7.94. The lowest BCUT2D eigenvalue weighted by Gasteiger charge is -2.06. The summed E-state index contributed by atoms with van der Waals surface area (Å²) in [5.74, 6) is -0.0826. The van der Waals surface area contributed by atoms with Gasteiger partial charge in [-0.15, -0.1) is 0 Å². The summed E-state index contributed by atoms with van der Waals surface area (Å²) in [6.07, 6.45) is 3.42. The summed E-state index contributed by atoms with van der Waals surface area (Å²) < 4.78 is 28.0. The van der Waals surface area contributed by atoms with Crippen LogP contribution in [0.3, 0.4) is 0 Å². The predicted octanol–water partition coefficient (Wildman–Crippen LogP) is 2.54. The maximum absolute atomic E-state index is 12.2. The first-order chi connectivity index (χ1) is 12.9. The van der Waals surface area contributed by atoms with Crippen LogP contribution < -0.4 is 10.5 Å². The minimum absolute atomic E-state index is 0.0774. The molecule has 0 spiro atoms. The Morgan fingerprint density at radius 3 is 2.48 bits per heavy atom. The van der Waals surface area contributed by atoms with E-state index in [1.54, 1.807) is 18.4 Å². The number of nitrogens with two attached hydrogens (primary N) is 1. The molecule has 27 heavy (non-hydrogen) atoms. The monoisotopic (exact) mass is 386 g/mol. The van der Waals surface area contributed by atoms with Gasteiger partial charge in [0.2, 0.25) is 15.9 Å². The first-order valence-electron chi connectivity index (χ1n) is 8.74. The number of aryl methyl sites for hydroxylation is 1. The highest BCUT2D eigenvalue weighted by Crippen LogP contribution is 2.23. The number of rotatable bonds is 7. The van der Waals surface area contributed by atoms with Gasteiger partial charge in [0.05, 0.1) is 17.6 Å². The zero-order valence-corrected chi connectivity index (χ0v) is 15.9. The van der Waals surface area contributed by atoms with Gasteiger partial charge in [0.1, 0.15) is 5.58 Å². The molecule has 7 heteroatoms. The van der Waals surface area contributed by atoms with Gasteiger partial charge < -0.3 is 9.73 Å². The fourth-order valence-electron chi connectivity index (χ4n) is 2.91. The number of carbonyl (C=O) groups excluding carboxylic acids is 1. The molecular formula is C20H22N2O4S. The fourth-order valence-corrected chi connectivity index (χ4v) is 3.43. The number of furan rings is 1. The van der Waals surface area contributed by atoms with Gasteiger partial charge in [0.15, 0.2) is 0 Å². The summed E-state index contributed by atoms with van der Waals surface area (Å²) in [6.45, 7) is 2.55. The molecule has 0 radical (unpaired) electrons. The SMILES string of the molecule is CCc1ccc2occ(CC(=O)NCCc3ccc(S(N)(=O)=O)cc3)c2c1. The van der Waals surface area contributed by atoms with Crippen molar-refractivity contribution in [2.45, 2.75) is 31.1 Å². The van der Waals surface area contributed by atoms with E-state index >= 15 is 0 Å². The second-order valence-corrected chi connectivity index (χ2v) is 7.97. The van der Waals surface area contributed by atoms with E-state index in [9.17, 15) is 13.2 Å². The normalized spacial score (nSPS) is 11.6. The lowest BCUT2D eigenvalue weighted by Crippen LogP contribution is -2.27. The maximum Gasteiger partial charge on any atom is 0.238 e. The number of primary sulfonamides is 1. The molecule has 0 unspecified atom stereocenters. The molecule has 3 rings (SSSR count). The van der Waals surface area contributed by atoms with Gasteiger partial charge in [-0.3, -0.25) is 4.79 Å². The summed E-state index contributed by atoms with van der Waals surface area (Å²) in [6, 6.07) is 12.3. The van der Waals surface area contributed by atoms with E-state index in [2.05, 4.69) is 18.3 Å². The Labute approximate surface area is 158 Å². The average molecular weight is 386 g/mol. The van der Waals surface area contributed by atoms with Gasteiger partial charge in [-0.2, -0.15) is 0 Å². The molecule has 0 saturated heterocycles. The van der Waals surface area contributed by atoms with Crippen LogP contribution >= 0.6 is 0 Å². The van der Waals surface area contributed by atoms with E-state index < -0.39 is 10.0 Å². The summed E-state index contributed by atoms with van der Waals surface area (Å²) in [5, 5.41) is 8.94. The molecule has 0 aliphatic carbocycles. The smallest absolute Gasteiger partial charge is 0.238 e. The van der Waals surface area contributed by atoms with Gasteiger partial charge in [0, 0.05) is 17.5 Å². The predicted molar refractivity (Wildman–Crippen MR) is 104 cm³/mol. The van der Waals surface area contributed by atoms with Crippen LogP contribution in [0.4, 0.5) is 0 Å². The van der Waals surface area contributed by atoms with Crippen molar-refractivity contribution in [1.29, 1.82) is 0 Å². The van der Waals surface area contributed by atoms with Crippen molar-refractivity contribution < 1.29 is 17.6 Å². The first-order valence-corrected chi connectivity index (χ1v) is 10.3. The van der Waals surface area contributed by atoms with Crippen LogP contribution in [0.1, 0.15) is 23.6 Å². The highest BCUT2D eigenvalue weighted by atomic mass is 32.2. The number of hydrogen-bond donors (Lipinski definition) is 2. The molecule has 6 nitrogen and oxygen atoms in total. The molecule has 3 aromatic rings. The Balaban J connectivity index is 1.56. The third kappa shape index (κ3) is 4.75. The van der Waals surface area contributed by atoms with Crippen LogP contribution in [0, 0.1) is 0 Å². The Morgan fingerprint density at radius 1 is 1.11 bits per heavy atom. The minimum Gasteiger partial charge on any atom is -0.464 e. The van der Waals surface area contributed by atoms with Gasteiger partial charge >= 0.3 is 0 Å². The van der Waals surface area contributed by atoms with Crippen LogP contribution in [0.5, 0.6) is 0 Å². The van der Waals surface area contributed by atoms with Crippen molar-refractivity contribution in [2.24, 2.45) is 5.14 Å². The summed E-state index contributed by atoms with van der Waals surface area (Å²) in [5.41, 5.74) is 3.78. The summed E-state index contributed by atoms with van der Waals surface area (Å²) in [4.78, 5) is 12.3. The van der Waals surface area contributed by atoms with Crippen LogP contribution in [-0.4, -0.2) is 20.9 Å². The minimum atomic E-state index is -3.68. The van der Waals surface area contributed by atoms with E-state index in [-0.39, 0.29) is 17.2 Å². The van der Waals surface area contributed by atoms with E-state index in [1.807, 2.05) is 12.1 Å². The number of amides is 1. The molecule has 1 heterocycles. The van der Waals surface area contributed by atoms with Crippen molar-refractivity contribution in [1.82, 2.24) is 5.32 Å². The Kier molecular flexibility index (Phi) is 5.62. The molecule has 0 bridgehead atoms. The second-order valence-electron chi connectivity index (χ2n) is 6.41. The molecule has 0 atom stereocenters. The van der Waals surface area contributed by atoms with Gasteiger partial charge in [0.25, 0.3) is 0 Å². The third-order valence-corrected chi connectivity index (χ3v) is 5.39. The molecule has 0 aliphatic rings. The van der Waals surface area contributed by atoms with Crippen molar-refractivity contribution in [3.63, 3.8) is 0 Å². The quantitative estimate of drug-likeness (QED) is 0.651. The molecule has 142 valence electrons. The molecule has 3 N–H and O–H groups in total. The number of hydrogen-bond acceptors (Lipinski definition) is 4. The largest absolute Gasteiger partial charge is 0.464 e. The van der Waals surface area contributed by atoms with Crippen molar-refractivity contribution in [3.8, 4) is 0 Å². The molecule has 0 fully saturated rings. The summed E-state index contributed by atoms with van der Waals surface area (Å²) >= 11 is 0. The highest BCUT2D eigenvalue weighted by Gasteiger charge is 2.11. The van der Waals surface area contributed by atoms with E-state index in [1.165, 1.54) is 17.7 Å². The Bertz CT molecular complexity index is 1050. The maximum atomic E-state index is 12.2. The number of sulfonamides is 1. The van der Waals surface area contributed by atoms with E-state index in [0.717, 1.165) is 28.5 Å². The highest BCUT2D eigenvalue weighted by molar-refractivity contribution is 7.89. The number of fused-ring (bicyclic) bond motifs is 1. The zero-order chi connectivity index (χ0) is 19.4. The van der Waals surface area contributed by atoms with Crippen molar-refractivity contribution in [2.75, 3.05) is 6.54 Å². The van der Waals surface area contributed by atoms with E-state index in [4.69, 9.17) is 9.56 Å².